The summed E-state index contributed by atoms with van der Waals surface area (Å²) < 4.78 is 0.256. The Labute approximate surface area is 132 Å². The highest BCUT2D eigenvalue weighted by Gasteiger charge is 2.41. The minimum absolute atomic E-state index is 0.256. The van der Waals surface area contributed by atoms with E-state index in [0.717, 1.165) is 16.7 Å². The van der Waals surface area contributed by atoms with E-state index in [9.17, 15) is 14.7 Å². The van der Waals surface area contributed by atoms with E-state index < -0.39 is 12.0 Å². The monoisotopic (exact) mass is 319 g/mol. The molecule has 2 rings (SSSR count). The van der Waals surface area contributed by atoms with Gasteiger partial charge in [0.2, 0.25) is 0 Å². The molecule has 1 fully saturated rings. The highest BCUT2D eigenvalue weighted by atomic mass is 32.2. The summed E-state index contributed by atoms with van der Waals surface area (Å²) >= 11 is 6.30. The van der Waals surface area contributed by atoms with Crippen molar-refractivity contribution in [2.24, 2.45) is 0 Å². The molecule has 4 nitrogen and oxygen atoms in total. The summed E-state index contributed by atoms with van der Waals surface area (Å²) in [6, 6.07) is 7.51. The molecule has 21 heavy (non-hydrogen) atoms. The van der Waals surface area contributed by atoms with E-state index in [1.54, 1.807) is 48.6 Å². The largest absolute Gasteiger partial charge is 0.479 e. The number of hydrogen-bond acceptors (Lipinski definition) is 4. The van der Waals surface area contributed by atoms with Gasteiger partial charge in [0.15, 0.2) is 6.04 Å². The number of carboxylic acid groups (broad SMARTS) is 1. The molecule has 1 heterocycles. The van der Waals surface area contributed by atoms with Gasteiger partial charge >= 0.3 is 5.97 Å². The predicted molar refractivity (Wildman–Crippen MR) is 86.8 cm³/mol. The Morgan fingerprint density at radius 2 is 2.05 bits per heavy atom. The van der Waals surface area contributed by atoms with Crippen LogP contribution in [0, 0.1) is 0 Å². The van der Waals surface area contributed by atoms with Gasteiger partial charge in [-0.05, 0) is 18.6 Å². The van der Waals surface area contributed by atoms with Crippen LogP contribution in [0.2, 0.25) is 0 Å². The zero-order valence-electron chi connectivity index (χ0n) is 11.2. The molecule has 1 aromatic rings. The molecule has 1 aliphatic heterocycles. The Bertz CT molecular complexity index is 638. The van der Waals surface area contributed by atoms with Crippen molar-refractivity contribution in [3.8, 4) is 0 Å². The molecule has 1 amide bonds. The Morgan fingerprint density at radius 3 is 2.62 bits per heavy atom. The number of carboxylic acids is 1. The van der Waals surface area contributed by atoms with E-state index in [0.29, 0.717) is 10.5 Å². The zero-order chi connectivity index (χ0) is 15.4. The summed E-state index contributed by atoms with van der Waals surface area (Å²) in [5.41, 5.74) is 0.522. The Balaban J connectivity index is 2.40. The average molecular weight is 319 g/mol. The van der Waals surface area contributed by atoms with Crippen LogP contribution in [0.1, 0.15) is 18.5 Å². The molecule has 0 spiro atoms. The lowest BCUT2D eigenvalue weighted by atomic mass is 10.1. The van der Waals surface area contributed by atoms with Gasteiger partial charge in [0.1, 0.15) is 4.32 Å². The Morgan fingerprint density at radius 1 is 1.38 bits per heavy atom. The van der Waals surface area contributed by atoms with Crippen molar-refractivity contribution >= 4 is 40.2 Å². The summed E-state index contributed by atoms with van der Waals surface area (Å²) in [6.07, 6.45) is 5.16. The summed E-state index contributed by atoms with van der Waals surface area (Å²) in [6.45, 7) is 1.83. The molecular formula is C15H13NO3S2. The van der Waals surface area contributed by atoms with Crippen molar-refractivity contribution in [3.63, 3.8) is 0 Å². The summed E-state index contributed by atoms with van der Waals surface area (Å²) in [7, 11) is 0. The van der Waals surface area contributed by atoms with E-state index in [1.807, 2.05) is 6.92 Å². The number of thiocarbonyl (C=S) groups is 1. The second kappa shape index (κ2) is 6.69. The lowest BCUT2D eigenvalue weighted by Crippen LogP contribution is -2.37. The Kier molecular flexibility index (Phi) is 4.93. The van der Waals surface area contributed by atoms with Crippen LogP contribution in [-0.4, -0.2) is 26.2 Å². The quantitative estimate of drug-likeness (QED) is 0.682. The number of amides is 1. The molecule has 1 N–H and O–H groups in total. The number of benzene rings is 1. The highest BCUT2D eigenvalue weighted by molar-refractivity contribution is 8.26. The molecule has 1 atom stereocenters. The molecule has 1 aromatic carbocycles. The van der Waals surface area contributed by atoms with E-state index in [2.05, 4.69) is 0 Å². The SMILES string of the molecule is C/C=C/C=C1\SC(=S)N(C(C(=O)O)c2ccccc2)C1=O. The van der Waals surface area contributed by atoms with Crippen molar-refractivity contribution in [3.05, 3.63) is 59.0 Å². The first-order chi connectivity index (χ1) is 10.1. The number of nitrogens with zero attached hydrogens (tertiary/aromatic N) is 1. The lowest BCUT2D eigenvalue weighted by Gasteiger charge is -2.23. The summed E-state index contributed by atoms with van der Waals surface area (Å²) in [5.74, 6) is -1.48. The number of thioether (sulfide) groups is 1. The van der Waals surface area contributed by atoms with Gasteiger partial charge in [-0.15, -0.1) is 0 Å². The minimum Gasteiger partial charge on any atom is -0.479 e. The number of carbonyl (C=O) groups excluding carboxylic acids is 1. The first-order valence-corrected chi connectivity index (χ1v) is 7.45. The third kappa shape index (κ3) is 3.22. The second-order valence-electron chi connectivity index (χ2n) is 4.25. The first kappa shape index (κ1) is 15.5. The molecule has 6 heteroatoms. The van der Waals surface area contributed by atoms with Gasteiger partial charge in [0, 0.05) is 0 Å². The fourth-order valence-corrected chi connectivity index (χ4v) is 3.20. The zero-order valence-corrected chi connectivity index (χ0v) is 12.9. The van der Waals surface area contributed by atoms with Gasteiger partial charge in [0.05, 0.1) is 4.91 Å². The topological polar surface area (TPSA) is 57.6 Å². The van der Waals surface area contributed by atoms with Crippen LogP contribution in [-0.2, 0) is 9.59 Å². The number of carbonyl (C=O) groups is 2. The van der Waals surface area contributed by atoms with Crippen molar-refractivity contribution < 1.29 is 14.7 Å². The van der Waals surface area contributed by atoms with Crippen LogP contribution in [0.5, 0.6) is 0 Å². The molecule has 108 valence electrons. The third-order valence-corrected chi connectivity index (χ3v) is 4.22. The van der Waals surface area contributed by atoms with Crippen molar-refractivity contribution in [2.45, 2.75) is 13.0 Å². The molecule has 0 radical (unpaired) electrons. The van der Waals surface area contributed by atoms with Crippen molar-refractivity contribution in [1.82, 2.24) is 4.90 Å². The molecule has 1 unspecified atom stereocenters. The fraction of sp³-hybridized carbons (Fsp3) is 0.133. The van der Waals surface area contributed by atoms with Crippen LogP contribution in [0.3, 0.4) is 0 Å². The number of allylic oxidation sites excluding steroid dienone is 3. The number of hydrogen-bond donors (Lipinski definition) is 1. The smallest absolute Gasteiger partial charge is 0.331 e. The van der Waals surface area contributed by atoms with Crippen molar-refractivity contribution in [1.29, 1.82) is 0 Å². The van der Waals surface area contributed by atoms with Gasteiger partial charge in [-0.3, -0.25) is 9.69 Å². The van der Waals surface area contributed by atoms with Gasteiger partial charge < -0.3 is 5.11 Å². The van der Waals surface area contributed by atoms with Crippen LogP contribution in [0.25, 0.3) is 0 Å². The normalized spacial score (nSPS) is 18.7. The van der Waals surface area contributed by atoms with Gasteiger partial charge in [-0.2, -0.15) is 0 Å². The molecule has 1 aliphatic rings. The minimum atomic E-state index is -1.11. The molecule has 0 aliphatic carbocycles. The van der Waals surface area contributed by atoms with Crippen molar-refractivity contribution in [2.75, 3.05) is 0 Å². The van der Waals surface area contributed by atoms with Crippen LogP contribution in [0.15, 0.2) is 53.5 Å². The maximum atomic E-state index is 12.4. The maximum Gasteiger partial charge on any atom is 0.331 e. The molecule has 0 bridgehead atoms. The molecule has 1 saturated heterocycles. The van der Waals surface area contributed by atoms with Gasteiger partial charge in [0.25, 0.3) is 5.91 Å². The standard InChI is InChI=1S/C15H13NO3S2/c1-2-3-9-11-13(17)16(15(20)21-11)12(14(18)19)10-7-5-4-6-8-10/h2-9,12H,1H3,(H,18,19)/b3-2+,11-9-. The van der Waals surface area contributed by atoms with E-state index in [4.69, 9.17) is 12.2 Å². The van der Waals surface area contributed by atoms with Crippen LogP contribution >= 0.6 is 24.0 Å². The second-order valence-corrected chi connectivity index (χ2v) is 5.93. The lowest BCUT2D eigenvalue weighted by molar-refractivity contribution is -0.145. The van der Waals surface area contributed by atoms with E-state index >= 15 is 0 Å². The van der Waals surface area contributed by atoms with Gasteiger partial charge in [-0.1, -0.05) is 66.5 Å². The Hall–Kier alpha value is -1.92. The first-order valence-electron chi connectivity index (χ1n) is 6.22. The average Bonchev–Trinajstić information content (AvgIpc) is 2.74. The molecular weight excluding hydrogens is 306 g/mol. The molecule has 0 aromatic heterocycles. The van der Waals surface area contributed by atoms with E-state index in [1.165, 1.54) is 0 Å². The fourth-order valence-electron chi connectivity index (χ4n) is 1.94. The van der Waals surface area contributed by atoms with Crippen LogP contribution < -0.4 is 0 Å². The summed E-state index contributed by atoms with van der Waals surface area (Å²) in [5, 5.41) is 9.49. The van der Waals surface area contributed by atoms with Gasteiger partial charge in [-0.25, -0.2) is 4.79 Å². The number of rotatable bonds is 4. The van der Waals surface area contributed by atoms with Crippen LogP contribution in [0.4, 0.5) is 0 Å². The molecule has 0 saturated carbocycles. The van der Waals surface area contributed by atoms with E-state index in [-0.39, 0.29) is 10.2 Å². The third-order valence-electron chi connectivity index (χ3n) is 2.87. The number of aliphatic carboxylic acids is 1. The highest BCUT2D eigenvalue weighted by Crippen LogP contribution is 2.37. The summed E-state index contributed by atoms with van der Waals surface area (Å²) in [4.78, 5) is 25.6. The maximum absolute atomic E-state index is 12.4. The predicted octanol–water partition coefficient (Wildman–Crippen LogP) is 3.13.